The number of nitrogens with two attached hydrogens (primary N) is 1. The van der Waals surface area contributed by atoms with Crippen LogP contribution in [0.2, 0.25) is 0 Å². The molecule has 1 saturated heterocycles. The Morgan fingerprint density at radius 1 is 1.16 bits per heavy atom. The molecule has 0 amide bonds. The smallest absolute Gasteiger partial charge is 0.00762 e. The van der Waals surface area contributed by atoms with Crippen LogP contribution in [0.25, 0.3) is 0 Å². The van der Waals surface area contributed by atoms with Crippen LogP contribution in [0.15, 0.2) is 24.3 Å². The molecule has 1 saturated carbocycles. The molecule has 2 N–H and O–H groups in total. The highest BCUT2D eigenvalue weighted by atomic mass is 15.1. The standard InChI is InChI=1S/C17H26N2/c1-19-11-2-3-14(8-12-19)15-4-6-16(7-5-15)17(13-18)9-10-17/h4-7,14H,2-3,8-13,18H2,1H3. The normalized spacial score (nSPS) is 26.9. The fourth-order valence-corrected chi connectivity index (χ4v) is 3.44. The highest BCUT2D eigenvalue weighted by Crippen LogP contribution is 2.47. The van der Waals surface area contributed by atoms with Gasteiger partial charge in [-0.2, -0.15) is 0 Å². The summed E-state index contributed by atoms with van der Waals surface area (Å²) in [4.78, 5) is 2.46. The van der Waals surface area contributed by atoms with E-state index in [1.54, 1.807) is 0 Å². The van der Waals surface area contributed by atoms with Gasteiger partial charge >= 0.3 is 0 Å². The van der Waals surface area contributed by atoms with Crippen molar-refractivity contribution < 1.29 is 0 Å². The van der Waals surface area contributed by atoms with Gasteiger partial charge in [-0.05, 0) is 69.3 Å². The van der Waals surface area contributed by atoms with E-state index in [9.17, 15) is 0 Å². The van der Waals surface area contributed by atoms with E-state index in [0.29, 0.717) is 5.41 Å². The maximum Gasteiger partial charge on any atom is 0.00762 e. The largest absolute Gasteiger partial charge is 0.330 e. The van der Waals surface area contributed by atoms with Crippen LogP contribution in [0.5, 0.6) is 0 Å². The molecule has 0 aromatic heterocycles. The summed E-state index contributed by atoms with van der Waals surface area (Å²) in [7, 11) is 2.24. The topological polar surface area (TPSA) is 29.3 Å². The van der Waals surface area contributed by atoms with Gasteiger partial charge in [0.05, 0.1) is 0 Å². The van der Waals surface area contributed by atoms with E-state index < -0.39 is 0 Å². The van der Waals surface area contributed by atoms with Crippen molar-refractivity contribution in [2.75, 3.05) is 26.7 Å². The molecule has 2 aliphatic rings. The molecule has 3 rings (SSSR count). The summed E-state index contributed by atoms with van der Waals surface area (Å²) in [5.41, 5.74) is 9.24. The predicted octanol–water partition coefficient (Wildman–Crippen LogP) is 2.88. The first-order valence-electron chi connectivity index (χ1n) is 7.73. The molecule has 1 aliphatic heterocycles. The zero-order chi connectivity index (χ0) is 13.3. The van der Waals surface area contributed by atoms with Crippen LogP contribution in [0.1, 0.15) is 49.1 Å². The number of hydrogen-bond acceptors (Lipinski definition) is 2. The second-order valence-corrected chi connectivity index (χ2v) is 6.54. The van der Waals surface area contributed by atoms with E-state index in [-0.39, 0.29) is 0 Å². The van der Waals surface area contributed by atoms with Gasteiger partial charge in [-0.1, -0.05) is 24.3 Å². The Balaban J connectivity index is 1.72. The summed E-state index contributed by atoms with van der Waals surface area (Å²) in [6.07, 6.45) is 6.52. The molecule has 1 atom stereocenters. The molecule has 0 bridgehead atoms. The fraction of sp³-hybridized carbons (Fsp3) is 0.647. The molecule has 0 radical (unpaired) electrons. The van der Waals surface area contributed by atoms with Gasteiger partial charge in [-0.15, -0.1) is 0 Å². The van der Waals surface area contributed by atoms with Crippen molar-refractivity contribution >= 4 is 0 Å². The van der Waals surface area contributed by atoms with Gasteiger partial charge in [-0.3, -0.25) is 0 Å². The summed E-state index contributed by atoms with van der Waals surface area (Å²) in [6, 6.07) is 9.40. The lowest BCUT2D eigenvalue weighted by molar-refractivity contribution is 0.347. The SMILES string of the molecule is CN1CCCC(c2ccc(C3(CN)CC3)cc2)CC1. The molecule has 1 aliphatic carbocycles. The molecule has 0 spiro atoms. The maximum atomic E-state index is 5.91. The quantitative estimate of drug-likeness (QED) is 0.903. The highest BCUT2D eigenvalue weighted by molar-refractivity contribution is 5.35. The van der Waals surface area contributed by atoms with Gasteiger partial charge in [-0.25, -0.2) is 0 Å². The fourth-order valence-electron chi connectivity index (χ4n) is 3.44. The second-order valence-electron chi connectivity index (χ2n) is 6.54. The van der Waals surface area contributed by atoms with Gasteiger partial charge in [0.1, 0.15) is 0 Å². The molecule has 19 heavy (non-hydrogen) atoms. The molecular formula is C17H26N2. The van der Waals surface area contributed by atoms with Crippen molar-refractivity contribution in [3.63, 3.8) is 0 Å². The number of rotatable bonds is 3. The Morgan fingerprint density at radius 3 is 2.53 bits per heavy atom. The summed E-state index contributed by atoms with van der Waals surface area (Å²) in [5, 5.41) is 0. The zero-order valence-corrected chi connectivity index (χ0v) is 12.1. The van der Waals surface area contributed by atoms with Crippen LogP contribution < -0.4 is 5.73 Å². The van der Waals surface area contributed by atoms with Gasteiger partial charge in [0.2, 0.25) is 0 Å². The molecule has 2 heteroatoms. The van der Waals surface area contributed by atoms with Crippen molar-refractivity contribution in [3.05, 3.63) is 35.4 Å². The first kappa shape index (κ1) is 13.1. The van der Waals surface area contributed by atoms with Crippen molar-refractivity contribution in [1.29, 1.82) is 0 Å². The van der Waals surface area contributed by atoms with E-state index in [4.69, 9.17) is 5.73 Å². The maximum absolute atomic E-state index is 5.91. The lowest BCUT2D eigenvalue weighted by Crippen LogP contribution is -2.19. The zero-order valence-electron chi connectivity index (χ0n) is 12.1. The average Bonchev–Trinajstić information content (AvgIpc) is 3.24. The number of hydrogen-bond donors (Lipinski definition) is 1. The van der Waals surface area contributed by atoms with Gasteiger partial charge in [0.25, 0.3) is 0 Å². The third-order valence-corrected chi connectivity index (χ3v) is 5.19. The number of likely N-dealkylation sites (tertiary alicyclic amines) is 1. The predicted molar refractivity (Wildman–Crippen MR) is 80.5 cm³/mol. The van der Waals surface area contributed by atoms with Crippen LogP contribution >= 0.6 is 0 Å². The van der Waals surface area contributed by atoms with E-state index in [0.717, 1.165) is 12.5 Å². The number of nitrogens with zero attached hydrogens (tertiary/aromatic N) is 1. The van der Waals surface area contributed by atoms with E-state index in [2.05, 4.69) is 36.2 Å². The van der Waals surface area contributed by atoms with Crippen LogP contribution in [-0.4, -0.2) is 31.6 Å². The third kappa shape index (κ3) is 2.70. The molecule has 1 unspecified atom stereocenters. The minimum atomic E-state index is 0.336. The number of benzene rings is 1. The third-order valence-electron chi connectivity index (χ3n) is 5.19. The molecular weight excluding hydrogens is 232 g/mol. The molecule has 2 fully saturated rings. The summed E-state index contributed by atoms with van der Waals surface area (Å²) >= 11 is 0. The molecule has 2 nitrogen and oxygen atoms in total. The van der Waals surface area contributed by atoms with Crippen molar-refractivity contribution in [2.24, 2.45) is 5.73 Å². The Bertz CT molecular complexity index is 419. The van der Waals surface area contributed by atoms with Crippen LogP contribution in [0.4, 0.5) is 0 Å². The van der Waals surface area contributed by atoms with Crippen molar-refractivity contribution in [1.82, 2.24) is 4.90 Å². The van der Waals surface area contributed by atoms with Crippen LogP contribution in [0.3, 0.4) is 0 Å². The Labute approximate surface area is 117 Å². The first-order valence-corrected chi connectivity index (χ1v) is 7.73. The Morgan fingerprint density at radius 2 is 1.89 bits per heavy atom. The average molecular weight is 258 g/mol. The lowest BCUT2D eigenvalue weighted by Gasteiger charge is -2.18. The molecule has 1 aromatic rings. The molecule has 104 valence electrons. The van der Waals surface area contributed by atoms with E-state index in [1.807, 2.05) is 0 Å². The monoisotopic (exact) mass is 258 g/mol. The van der Waals surface area contributed by atoms with Gasteiger partial charge in [0, 0.05) is 12.0 Å². The van der Waals surface area contributed by atoms with E-state index in [1.165, 1.54) is 56.3 Å². The minimum Gasteiger partial charge on any atom is -0.330 e. The van der Waals surface area contributed by atoms with Crippen molar-refractivity contribution in [2.45, 2.75) is 43.4 Å². The van der Waals surface area contributed by atoms with Crippen LogP contribution in [-0.2, 0) is 5.41 Å². The van der Waals surface area contributed by atoms with E-state index >= 15 is 0 Å². The Hall–Kier alpha value is -0.860. The highest BCUT2D eigenvalue weighted by Gasteiger charge is 2.42. The first-order chi connectivity index (χ1) is 9.23. The van der Waals surface area contributed by atoms with Gasteiger partial charge in [0.15, 0.2) is 0 Å². The summed E-state index contributed by atoms with van der Waals surface area (Å²) in [5.74, 6) is 0.757. The van der Waals surface area contributed by atoms with Gasteiger partial charge < -0.3 is 10.6 Å². The summed E-state index contributed by atoms with van der Waals surface area (Å²) < 4.78 is 0. The molecule has 1 heterocycles. The Kier molecular flexibility index (Phi) is 3.64. The molecule has 1 aromatic carbocycles. The van der Waals surface area contributed by atoms with Crippen molar-refractivity contribution in [3.8, 4) is 0 Å². The lowest BCUT2D eigenvalue weighted by atomic mass is 9.89. The van der Waals surface area contributed by atoms with Crippen LogP contribution in [0, 0.1) is 0 Å². The summed E-state index contributed by atoms with van der Waals surface area (Å²) in [6.45, 7) is 3.30. The minimum absolute atomic E-state index is 0.336. The second kappa shape index (κ2) is 5.26.